The van der Waals surface area contributed by atoms with E-state index in [1.54, 1.807) is 0 Å². The van der Waals surface area contributed by atoms with Crippen LogP contribution in [0.2, 0.25) is 0 Å². The number of nitrogens with two attached hydrogens (primary N) is 1. The lowest BCUT2D eigenvalue weighted by Gasteiger charge is -2.04. The number of hydrogen-bond acceptors (Lipinski definition) is 6. The number of carbonyl (C=O) groups excluding carboxylic acids is 4. The highest BCUT2D eigenvalue weighted by atomic mass is 16.5. The molecule has 5 N–H and O–H groups in total. The molecule has 9 nitrogen and oxygen atoms in total. The maximum absolute atomic E-state index is 10.7. The Morgan fingerprint density at radius 1 is 1.18 bits per heavy atom. The first-order chi connectivity index (χ1) is 10.3. The van der Waals surface area contributed by atoms with Crippen LogP contribution in [-0.2, 0) is 23.9 Å². The number of carbonyl (C=O) groups is 4. The van der Waals surface area contributed by atoms with Gasteiger partial charge in [0.1, 0.15) is 0 Å². The van der Waals surface area contributed by atoms with E-state index >= 15 is 0 Å². The standard InChI is InChI=1S/C6H10N2O4.C5H12N2O.C2H6/c1-5(10)12-4-8-6(11)2-7-3-9;1-4(2)7-5(8)3-6;1-2/h3H,2,4H2,1H3,(H,7,9)(H,8,11);4H,3,6H2,1-2H3,(H,7,8);1-2H3. The summed E-state index contributed by atoms with van der Waals surface area (Å²) in [6.45, 7) is 8.81. The summed E-state index contributed by atoms with van der Waals surface area (Å²) in [5.41, 5.74) is 5.01. The number of amides is 3. The third-order valence-corrected chi connectivity index (χ3v) is 1.53. The Balaban J connectivity index is -0.000000313. The van der Waals surface area contributed by atoms with Crippen LogP contribution >= 0.6 is 0 Å². The van der Waals surface area contributed by atoms with E-state index < -0.39 is 11.9 Å². The molecule has 0 heterocycles. The molecule has 0 spiro atoms. The lowest BCUT2D eigenvalue weighted by Crippen LogP contribution is -2.35. The zero-order valence-corrected chi connectivity index (χ0v) is 13.9. The van der Waals surface area contributed by atoms with Crippen LogP contribution in [0.15, 0.2) is 0 Å². The van der Waals surface area contributed by atoms with Gasteiger partial charge in [-0.25, -0.2) is 0 Å². The summed E-state index contributed by atoms with van der Waals surface area (Å²) >= 11 is 0. The number of hydrogen-bond donors (Lipinski definition) is 4. The molecule has 0 saturated carbocycles. The van der Waals surface area contributed by atoms with Crippen LogP contribution in [0.4, 0.5) is 0 Å². The Morgan fingerprint density at radius 2 is 1.73 bits per heavy atom. The van der Waals surface area contributed by atoms with E-state index in [4.69, 9.17) is 5.73 Å². The molecule has 0 atom stereocenters. The SMILES string of the molecule is CC.CC(=O)OCNC(=O)CNC=O.CC(C)NC(=O)CN. The van der Waals surface area contributed by atoms with Crippen molar-refractivity contribution in [3.8, 4) is 0 Å². The normalized spacial score (nSPS) is 8.32. The first kappa shape index (κ1) is 24.8. The predicted octanol–water partition coefficient (Wildman–Crippen LogP) is -1.13. The fourth-order valence-corrected chi connectivity index (χ4v) is 0.796. The van der Waals surface area contributed by atoms with Gasteiger partial charge < -0.3 is 26.4 Å². The summed E-state index contributed by atoms with van der Waals surface area (Å²) in [5, 5.41) is 7.03. The van der Waals surface area contributed by atoms with Crippen molar-refractivity contribution < 1.29 is 23.9 Å². The molecule has 0 aliphatic heterocycles. The molecular formula is C13H28N4O5. The number of esters is 1. The monoisotopic (exact) mass is 320 g/mol. The second-order valence-corrected chi connectivity index (χ2v) is 3.81. The number of nitrogens with one attached hydrogen (secondary N) is 3. The molecule has 130 valence electrons. The van der Waals surface area contributed by atoms with Crippen molar-refractivity contribution in [2.45, 2.75) is 40.7 Å². The largest absolute Gasteiger partial charge is 0.445 e. The van der Waals surface area contributed by atoms with Crippen molar-refractivity contribution in [3.05, 3.63) is 0 Å². The number of ether oxygens (including phenoxy) is 1. The molecule has 0 bridgehead atoms. The van der Waals surface area contributed by atoms with E-state index in [1.807, 2.05) is 27.7 Å². The molecule has 0 unspecified atom stereocenters. The summed E-state index contributed by atoms with van der Waals surface area (Å²) < 4.78 is 4.41. The highest BCUT2D eigenvalue weighted by Crippen LogP contribution is 1.73. The van der Waals surface area contributed by atoms with E-state index in [0.29, 0.717) is 6.41 Å². The van der Waals surface area contributed by atoms with Gasteiger partial charge in [-0.2, -0.15) is 0 Å². The first-order valence-electron chi connectivity index (χ1n) is 6.90. The Hall–Kier alpha value is -2.16. The topological polar surface area (TPSA) is 140 Å². The maximum atomic E-state index is 10.7. The molecule has 9 heteroatoms. The van der Waals surface area contributed by atoms with E-state index in [0.717, 1.165) is 0 Å². The van der Waals surface area contributed by atoms with Crippen molar-refractivity contribution >= 4 is 24.2 Å². The van der Waals surface area contributed by atoms with Gasteiger partial charge in [-0.3, -0.25) is 19.2 Å². The second-order valence-electron chi connectivity index (χ2n) is 3.81. The van der Waals surface area contributed by atoms with Gasteiger partial charge in [0.2, 0.25) is 18.2 Å². The fraction of sp³-hybridized carbons (Fsp3) is 0.692. The smallest absolute Gasteiger partial charge is 0.304 e. The lowest BCUT2D eigenvalue weighted by atomic mass is 10.4. The van der Waals surface area contributed by atoms with Crippen molar-refractivity contribution in [1.82, 2.24) is 16.0 Å². The highest BCUT2D eigenvalue weighted by Gasteiger charge is 1.98. The fourth-order valence-electron chi connectivity index (χ4n) is 0.796. The van der Waals surface area contributed by atoms with Gasteiger partial charge in [-0.15, -0.1) is 0 Å². The van der Waals surface area contributed by atoms with Gasteiger partial charge in [0.15, 0.2) is 6.73 Å². The first-order valence-corrected chi connectivity index (χ1v) is 6.90. The lowest BCUT2D eigenvalue weighted by molar-refractivity contribution is -0.142. The van der Waals surface area contributed by atoms with Crippen LogP contribution < -0.4 is 21.7 Å². The summed E-state index contributed by atoms with van der Waals surface area (Å²) in [6, 6.07) is 0.200. The molecule has 0 radical (unpaired) electrons. The van der Waals surface area contributed by atoms with Crippen LogP contribution in [0.3, 0.4) is 0 Å². The Labute approximate surface area is 131 Å². The molecule has 3 amide bonds. The van der Waals surface area contributed by atoms with Gasteiger partial charge >= 0.3 is 5.97 Å². The van der Waals surface area contributed by atoms with Gasteiger partial charge in [-0.05, 0) is 13.8 Å². The van der Waals surface area contributed by atoms with Gasteiger partial charge in [0.25, 0.3) is 0 Å². The van der Waals surface area contributed by atoms with E-state index in [2.05, 4.69) is 20.7 Å². The Morgan fingerprint density at radius 3 is 2.05 bits per heavy atom. The molecule has 0 saturated heterocycles. The van der Waals surface area contributed by atoms with Crippen LogP contribution in [0.5, 0.6) is 0 Å². The van der Waals surface area contributed by atoms with Crippen LogP contribution in [-0.4, -0.2) is 50.1 Å². The quantitative estimate of drug-likeness (QED) is 0.266. The van der Waals surface area contributed by atoms with Crippen molar-refractivity contribution in [1.29, 1.82) is 0 Å². The third-order valence-electron chi connectivity index (χ3n) is 1.53. The predicted molar refractivity (Wildman–Crippen MR) is 82.5 cm³/mol. The molecule has 0 aromatic carbocycles. The minimum Gasteiger partial charge on any atom is -0.445 e. The van der Waals surface area contributed by atoms with Gasteiger partial charge in [-0.1, -0.05) is 13.8 Å². The maximum Gasteiger partial charge on any atom is 0.304 e. The van der Waals surface area contributed by atoms with E-state index in [9.17, 15) is 19.2 Å². The summed E-state index contributed by atoms with van der Waals surface area (Å²) in [7, 11) is 0. The Bertz CT molecular complexity index is 322. The molecule has 0 rings (SSSR count). The molecule has 0 aromatic heterocycles. The van der Waals surface area contributed by atoms with Crippen LogP contribution in [0.25, 0.3) is 0 Å². The van der Waals surface area contributed by atoms with Crippen LogP contribution in [0, 0.1) is 0 Å². The summed E-state index contributed by atoms with van der Waals surface area (Å²) in [6.07, 6.45) is 0.408. The average Bonchev–Trinajstić information content (AvgIpc) is 2.46. The average molecular weight is 320 g/mol. The molecule has 0 fully saturated rings. The molecule has 0 aromatic rings. The third kappa shape index (κ3) is 26.4. The zero-order chi connectivity index (χ0) is 18.0. The minimum atomic E-state index is -0.473. The summed E-state index contributed by atoms with van der Waals surface area (Å²) in [4.78, 5) is 41.0. The van der Waals surface area contributed by atoms with Crippen molar-refractivity contribution in [2.75, 3.05) is 19.8 Å². The number of rotatable bonds is 7. The molecule has 0 aliphatic rings. The minimum absolute atomic E-state index is 0.0815. The molecule has 22 heavy (non-hydrogen) atoms. The van der Waals surface area contributed by atoms with E-state index in [1.165, 1.54) is 6.92 Å². The van der Waals surface area contributed by atoms with Gasteiger partial charge in [0.05, 0.1) is 13.1 Å². The molecular weight excluding hydrogens is 292 g/mol. The van der Waals surface area contributed by atoms with Crippen LogP contribution in [0.1, 0.15) is 34.6 Å². The second kappa shape index (κ2) is 18.8. The molecule has 0 aliphatic carbocycles. The van der Waals surface area contributed by atoms with Crippen molar-refractivity contribution in [2.24, 2.45) is 5.73 Å². The summed E-state index contributed by atoms with van der Waals surface area (Å²) in [5.74, 6) is -0.984. The Kier molecular flexibility index (Phi) is 21.3. The zero-order valence-electron chi connectivity index (χ0n) is 13.9. The van der Waals surface area contributed by atoms with Gasteiger partial charge in [0, 0.05) is 13.0 Å². The van der Waals surface area contributed by atoms with Crippen molar-refractivity contribution in [3.63, 3.8) is 0 Å². The highest BCUT2D eigenvalue weighted by molar-refractivity contribution is 5.79. The van der Waals surface area contributed by atoms with E-state index in [-0.39, 0.29) is 31.8 Å².